The number of fused-ring (bicyclic) bond motifs is 1. The van der Waals surface area contributed by atoms with E-state index < -0.39 is 0 Å². The number of aliphatic hydroxyl groups is 1. The van der Waals surface area contributed by atoms with Crippen molar-refractivity contribution in [1.29, 1.82) is 0 Å². The van der Waals surface area contributed by atoms with Crippen LogP contribution in [-0.4, -0.2) is 32.7 Å². The van der Waals surface area contributed by atoms with Crippen molar-refractivity contribution in [2.75, 3.05) is 6.61 Å². The molecule has 27 heavy (non-hydrogen) atoms. The van der Waals surface area contributed by atoms with E-state index in [-0.39, 0.29) is 18.3 Å². The summed E-state index contributed by atoms with van der Waals surface area (Å²) in [6, 6.07) is 8.19. The summed E-state index contributed by atoms with van der Waals surface area (Å²) < 4.78 is 0. The number of nitrogens with zero attached hydrogens (tertiary/aromatic N) is 3. The summed E-state index contributed by atoms with van der Waals surface area (Å²) in [6.45, 7) is 2.19. The molecule has 5 nitrogen and oxygen atoms in total. The molecule has 0 amide bonds. The maximum absolute atomic E-state index is 12.7. The number of hydrogen-bond donors (Lipinski definition) is 1. The predicted molar refractivity (Wildman–Crippen MR) is 107 cm³/mol. The zero-order chi connectivity index (χ0) is 18.8. The highest BCUT2D eigenvalue weighted by molar-refractivity contribution is 7.14. The van der Waals surface area contributed by atoms with E-state index in [1.165, 1.54) is 0 Å². The van der Waals surface area contributed by atoms with Crippen LogP contribution in [0.5, 0.6) is 0 Å². The van der Waals surface area contributed by atoms with Crippen molar-refractivity contribution in [1.82, 2.24) is 15.2 Å². The molecule has 6 heteroatoms. The Balaban J connectivity index is 1.51. The van der Waals surface area contributed by atoms with Crippen molar-refractivity contribution in [3.8, 4) is 10.6 Å². The van der Waals surface area contributed by atoms with Gasteiger partial charge in [0.15, 0.2) is 0 Å². The minimum atomic E-state index is 0.112. The summed E-state index contributed by atoms with van der Waals surface area (Å²) in [5, 5.41) is 21.5. The highest BCUT2D eigenvalue weighted by Crippen LogP contribution is 2.30. The quantitative estimate of drug-likeness (QED) is 0.724. The van der Waals surface area contributed by atoms with Gasteiger partial charge in [0.1, 0.15) is 15.8 Å². The molecule has 2 aromatic heterocycles. The third kappa shape index (κ3) is 4.06. The van der Waals surface area contributed by atoms with Gasteiger partial charge in [0.2, 0.25) is 0 Å². The number of carbonyl (C=O) groups is 1. The van der Waals surface area contributed by atoms with Crippen molar-refractivity contribution in [2.45, 2.75) is 39.0 Å². The topological polar surface area (TPSA) is 76.0 Å². The highest BCUT2D eigenvalue weighted by Gasteiger charge is 2.26. The standard InChI is InChI=1S/C21H23N3O2S/c1-13-23-24-21(27-13)16-6-7-17-11-22-19(9-18(17)8-16)10-20(26)15-4-2-14(12-25)3-5-15/h6-9,11,14-15,25H,2-5,10,12H2,1H3. The molecule has 0 bridgehead atoms. The van der Waals surface area contributed by atoms with Crippen molar-refractivity contribution in [3.63, 3.8) is 0 Å². The molecule has 1 fully saturated rings. The van der Waals surface area contributed by atoms with Crippen LogP contribution in [0, 0.1) is 18.8 Å². The van der Waals surface area contributed by atoms with Gasteiger partial charge in [-0.1, -0.05) is 23.5 Å². The van der Waals surface area contributed by atoms with Crippen LogP contribution in [0.25, 0.3) is 21.3 Å². The molecule has 140 valence electrons. The Kier molecular flexibility index (Phi) is 5.27. The van der Waals surface area contributed by atoms with Gasteiger partial charge in [-0.2, -0.15) is 0 Å². The fraction of sp³-hybridized carbons (Fsp3) is 0.429. The number of benzene rings is 1. The summed E-state index contributed by atoms with van der Waals surface area (Å²) in [4.78, 5) is 17.2. The minimum absolute atomic E-state index is 0.112. The predicted octanol–water partition coefficient (Wildman–Crippen LogP) is 3.97. The maximum Gasteiger partial charge on any atom is 0.147 e. The molecule has 1 aliphatic rings. The first kappa shape index (κ1) is 18.2. The first-order valence-electron chi connectivity index (χ1n) is 9.45. The number of ketones is 1. The van der Waals surface area contributed by atoms with Gasteiger partial charge >= 0.3 is 0 Å². The smallest absolute Gasteiger partial charge is 0.147 e. The molecule has 1 N–H and O–H groups in total. The Morgan fingerprint density at radius 3 is 2.67 bits per heavy atom. The molecule has 0 aliphatic heterocycles. The lowest BCUT2D eigenvalue weighted by Gasteiger charge is -2.26. The average Bonchev–Trinajstić information content (AvgIpc) is 3.14. The van der Waals surface area contributed by atoms with E-state index in [2.05, 4.69) is 21.2 Å². The van der Waals surface area contributed by atoms with Crippen LogP contribution in [0.2, 0.25) is 0 Å². The molecule has 4 rings (SSSR count). The number of aliphatic hydroxyl groups excluding tert-OH is 1. The Morgan fingerprint density at radius 1 is 1.15 bits per heavy atom. The fourth-order valence-electron chi connectivity index (χ4n) is 3.82. The van der Waals surface area contributed by atoms with Crippen LogP contribution < -0.4 is 0 Å². The molecule has 0 atom stereocenters. The second-order valence-corrected chi connectivity index (χ2v) is 8.59. The number of aryl methyl sites for hydroxylation is 1. The number of hydrogen-bond acceptors (Lipinski definition) is 6. The van der Waals surface area contributed by atoms with Crippen LogP contribution in [0.15, 0.2) is 30.5 Å². The van der Waals surface area contributed by atoms with E-state index in [9.17, 15) is 9.90 Å². The van der Waals surface area contributed by atoms with Crippen molar-refractivity contribution >= 4 is 27.9 Å². The zero-order valence-electron chi connectivity index (χ0n) is 15.4. The molecule has 2 heterocycles. The van der Waals surface area contributed by atoms with Crippen molar-refractivity contribution < 1.29 is 9.90 Å². The first-order valence-corrected chi connectivity index (χ1v) is 10.3. The van der Waals surface area contributed by atoms with E-state index >= 15 is 0 Å². The first-order chi connectivity index (χ1) is 13.1. The summed E-state index contributed by atoms with van der Waals surface area (Å²) in [5.74, 6) is 0.755. The fourth-order valence-corrected chi connectivity index (χ4v) is 4.51. The van der Waals surface area contributed by atoms with E-state index in [1.54, 1.807) is 11.3 Å². The summed E-state index contributed by atoms with van der Waals surface area (Å²) in [6.07, 6.45) is 5.89. The van der Waals surface area contributed by atoms with Crippen LogP contribution >= 0.6 is 11.3 Å². The second kappa shape index (κ2) is 7.82. The summed E-state index contributed by atoms with van der Waals surface area (Å²) >= 11 is 1.58. The Labute approximate surface area is 162 Å². The van der Waals surface area contributed by atoms with Gasteiger partial charge in [-0.05, 0) is 56.0 Å². The van der Waals surface area contributed by atoms with Gasteiger partial charge in [-0.3, -0.25) is 9.78 Å². The Hall–Kier alpha value is -2.18. The largest absolute Gasteiger partial charge is 0.396 e. The normalized spacial score (nSPS) is 20.1. The van der Waals surface area contributed by atoms with Crippen LogP contribution in [0.4, 0.5) is 0 Å². The number of rotatable bonds is 5. The molecule has 0 saturated heterocycles. The molecule has 1 aliphatic carbocycles. The number of carbonyl (C=O) groups excluding carboxylic acids is 1. The minimum Gasteiger partial charge on any atom is -0.396 e. The molecule has 0 radical (unpaired) electrons. The van der Waals surface area contributed by atoms with E-state index in [0.717, 1.165) is 57.7 Å². The molecular weight excluding hydrogens is 358 g/mol. The molecule has 0 spiro atoms. The third-order valence-electron chi connectivity index (χ3n) is 5.47. The van der Waals surface area contributed by atoms with Crippen LogP contribution in [-0.2, 0) is 11.2 Å². The molecule has 3 aromatic rings. The van der Waals surface area contributed by atoms with E-state index in [0.29, 0.717) is 12.3 Å². The van der Waals surface area contributed by atoms with Crippen molar-refractivity contribution in [3.05, 3.63) is 41.2 Å². The second-order valence-electron chi connectivity index (χ2n) is 7.41. The van der Waals surface area contributed by atoms with Crippen LogP contribution in [0.3, 0.4) is 0 Å². The van der Waals surface area contributed by atoms with E-state index in [4.69, 9.17) is 0 Å². The molecule has 1 aromatic carbocycles. The van der Waals surface area contributed by atoms with Gasteiger partial charge in [-0.15, -0.1) is 10.2 Å². The Bertz CT molecular complexity index is 961. The highest BCUT2D eigenvalue weighted by atomic mass is 32.1. The number of Topliss-reactive ketones (excluding diaryl/α,β-unsaturated/α-hetero) is 1. The van der Waals surface area contributed by atoms with E-state index in [1.807, 2.05) is 31.3 Å². The number of pyridine rings is 1. The van der Waals surface area contributed by atoms with Gasteiger partial charge in [-0.25, -0.2) is 0 Å². The lowest BCUT2D eigenvalue weighted by atomic mass is 9.79. The van der Waals surface area contributed by atoms with Crippen molar-refractivity contribution in [2.24, 2.45) is 11.8 Å². The Morgan fingerprint density at radius 2 is 1.96 bits per heavy atom. The maximum atomic E-state index is 12.7. The zero-order valence-corrected chi connectivity index (χ0v) is 16.2. The SMILES string of the molecule is Cc1nnc(-c2ccc3cnc(CC(=O)C4CCC(CO)CC4)cc3c2)s1. The van der Waals surface area contributed by atoms with Gasteiger partial charge in [0, 0.05) is 41.8 Å². The third-order valence-corrected chi connectivity index (χ3v) is 6.35. The summed E-state index contributed by atoms with van der Waals surface area (Å²) in [5.41, 5.74) is 1.86. The number of aromatic nitrogens is 3. The van der Waals surface area contributed by atoms with Crippen LogP contribution in [0.1, 0.15) is 36.4 Å². The van der Waals surface area contributed by atoms with Gasteiger partial charge < -0.3 is 5.11 Å². The molecule has 1 saturated carbocycles. The average molecular weight is 382 g/mol. The van der Waals surface area contributed by atoms with Gasteiger partial charge in [0.25, 0.3) is 0 Å². The lowest BCUT2D eigenvalue weighted by Crippen LogP contribution is -2.24. The lowest BCUT2D eigenvalue weighted by molar-refractivity contribution is -0.123. The molecule has 0 unspecified atom stereocenters. The monoisotopic (exact) mass is 381 g/mol. The summed E-state index contributed by atoms with van der Waals surface area (Å²) in [7, 11) is 0. The van der Waals surface area contributed by atoms with Gasteiger partial charge in [0.05, 0.1) is 0 Å². The molecular formula is C21H23N3O2S.